The third kappa shape index (κ3) is 3.52. The number of benzene rings is 1. The van der Waals surface area contributed by atoms with Gasteiger partial charge in [0.05, 0.1) is 5.02 Å². The van der Waals surface area contributed by atoms with Crippen LogP contribution in [0, 0.1) is 5.92 Å². The fourth-order valence-corrected chi connectivity index (χ4v) is 3.00. The summed E-state index contributed by atoms with van der Waals surface area (Å²) in [6.45, 7) is 1.47. The highest BCUT2D eigenvalue weighted by Crippen LogP contribution is 2.38. The molecule has 102 valence electrons. The Kier molecular flexibility index (Phi) is 6.21. The first-order chi connectivity index (χ1) is 8.09. The maximum atomic E-state index is 9.96. The molecular weight excluding hydrogens is 341 g/mol. The van der Waals surface area contributed by atoms with Crippen molar-refractivity contribution in [1.82, 2.24) is 0 Å². The van der Waals surface area contributed by atoms with Crippen LogP contribution in [0.15, 0.2) is 16.6 Å². The molecule has 0 radical (unpaired) electrons. The summed E-state index contributed by atoms with van der Waals surface area (Å²) in [5.41, 5.74) is 6.92. The second-order valence-electron chi connectivity index (χ2n) is 4.30. The number of rotatable bonds is 2. The standard InChI is InChI=1S/C12H15BrClNO2.ClH/c13-8-5-9(12(16)10(14)6-8)11(15)7-1-3-17-4-2-7;/h5-7,11,16H,1-4,15H2;1H/t11-;/m0./s1. The van der Waals surface area contributed by atoms with E-state index in [2.05, 4.69) is 15.9 Å². The minimum absolute atomic E-state index is 0. The molecule has 1 heterocycles. The first kappa shape index (κ1) is 16.1. The molecule has 1 aliphatic rings. The smallest absolute Gasteiger partial charge is 0.139 e. The number of phenolic OH excluding ortho intramolecular Hbond substituents is 1. The molecule has 1 aromatic rings. The predicted octanol–water partition coefficient (Wildman–Crippen LogP) is 3.66. The zero-order valence-corrected chi connectivity index (χ0v) is 12.9. The van der Waals surface area contributed by atoms with Crippen LogP contribution < -0.4 is 5.73 Å². The van der Waals surface area contributed by atoms with Crippen molar-refractivity contribution in [2.45, 2.75) is 18.9 Å². The van der Waals surface area contributed by atoms with Gasteiger partial charge in [-0.1, -0.05) is 27.5 Å². The van der Waals surface area contributed by atoms with Gasteiger partial charge in [-0.3, -0.25) is 0 Å². The van der Waals surface area contributed by atoms with E-state index >= 15 is 0 Å². The van der Waals surface area contributed by atoms with Gasteiger partial charge in [-0.05, 0) is 30.9 Å². The van der Waals surface area contributed by atoms with Crippen LogP contribution in [0.5, 0.6) is 5.75 Å². The SMILES string of the molecule is Cl.N[C@H](c1cc(Br)cc(Cl)c1O)C1CCOCC1. The lowest BCUT2D eigenvalue weighted by Gasteiger charge is -2.28. The van der Waals surface area contributed by atoms with Gasteiger partial charge in [0.25, 0.3) is 0 Å². The van der Waals surface area contributed by atoms with Gasteiger partial charge in [-0.15, -0.1) is 12.4 Å². The summed E-state index contributed by atoms with van der Waals surface area (Å²) in [7, 11) is 0. The summed E-state index contributed by atoms with van der Waals surface area (Å²) in [5.74, 6) is 0.425. The molecule has 0 bridgehead atoms. The molecule has 18 heavy (non-hydrogen) atoms. The van der Waals surface area contributed by atoms with E-state index in [1.807, 2.05) is 6.07 Å². The molecule has 1 aliphatic heterocycles. The van der Waals surface area contributed by atoms with Crippen LogP contribution in [0.2, 0.25) is 5.02 Å². The molecule has 0 saturated carbocycles. The minimum atomic E-state index is -0.200. The normalized spacial score (nSPS) is 18.2. The lowest BCUT2D eigenvalue weighted by molar-refractivity contribution is 0.0581. The molecule has 1 saturated heterocycles. The van der Waals surface area contributed by atoms with E-state index in [4.69, 9.17) is 22.1 Å². The van der Waals surface area contributed by atoms with Crippen molar-refractivity contribution in [2.75, 3.05) is 13.2 Å². The van der Waals surface area contributed by atoms with E-state index in [1.165, 1.54) is 0 Å². The Morgan fingerprint density at radius 1 is 1.39 bits per heavy atom. The van der Waals surface area contributed by atoms with Crippen LogP contribution >= 0.6 is 39.9 Å². The summed E-state index contributed by atoms with van der Waals surface area (Å²) in [6.07, 6.45) is 1.84. The van der Waals surface area contributed by atoms with E-state index in [9.17, 15) is 5.11 Å². The van der Waals surface area contributed by atoms with Crippen molar-refractivity contribution >= 4 is 39.9 Å². The van der Waals surface area contributed by atoms with Crippen LogP contribution in [0.4, 0.5) is 0 Å². The Bertz CT molecular complexity index is 411. The second-order valence-corrected chi connectivity index (χ2v) is 5.62. The summed E-state index contributed by atoms with van der Waals surface area (Å²) < 4.78 is 6.14. The molecule has 1 aromatic carbocycles. The summed E-state index contributed by atoms with van der Waals surface area (Å²) >= 11 is 9.31. The third-order valence-electron chi connectivity index (χ3n) is 3.19. The minimum Gasteiger partial charge on any atom is -0.506 e. The molecule has 0 amide bonds. The first-order valence-corrected chi connectivity index (χ1v) is 6.78. The molecular formula is C12H16BrCl2NO2. The number of halogens is 3. The van der Waals surface area contributed by atoms with Crippen LogP contribution in [-0.4, -0.2) is 18.3 Å². The summed E-state index contributed by atoms with van der Waals surface area (Å²) in [4.78, 5) is 0. The summed E-state index contributed by atoms with van der Waals surface area (Å²) in [6, 6.07) is 3.30. The molecule has 0 aliphatic carbocycles. The molecule has 1 atom stereocenters. The lowest BCUT2D eigenvalue weighted by atomic mass is 9.87. The monoisotopic (exact) mass is 355 g/mol. The maximum absolute atomic E-state index is 9.96. The Balaban J connectivity index is 0.00000162. The van der Waals surface area contributed by atoms with Crippen molar-refractivity contribution in [1.29, 1.82) is 0 Å². The number of aromatic hydroxyl groups is 1. The van der Waals surface area contributed by atoms with Crippen LogP contribution in [0.3, 0.4) is 0 Å². The highest BCUT2D eigenvalue weighted by Gasteiger charge is 2.25. The van der Waals surface area contributed by atoms with Gasteiger partial charge in [0.1, 0.15) is 5.75 Å². The molecule has 2 rings (SSSR count). The van der Waals surface area contributed by atoms with Gasteiger partial charge in [-0.25, -0.2) is 0 Å². The Labute approximate surface area is 126 Å². The average Bonchev–Trinajstić information content (AvgIpc) is 2.34. The van der Waals surface area contributed by atoms with Gasteiger partial charge in [-0.2, -0.15) is 0 Å². The number of nitrogens with two attached hydrogens (primary N) is 1. The van der Waals surface area contributed by atoms with Gasteiger partial charge in [0.2, 0.25) is 0 Å². The van der Waals surface area contributed by atoms with Gasteiger partial charge >= 0.3 is 0 Å². The fraction of sp³-hybridized carbons (Fsp3) is 0.500. The van der Waals surface area contributed by atoms with E-state index in [-0.39, 0.29) is 24.2 Å². The molecule has 0 unspecified atom stereocenters. The fourth-order valence-electron chi connectivity index (χ4n) is 2.17. The highest BCUT2D eigenvalue weighted by atomic mass is 79.9. The predicted molar refractivity (Wildman–Crippen MR) is 78.5 cm³/mol. The third-order valence-corrected chi connectivity index (χ3v) is 3.94. The van der Waals surface area contributed by atoms with E-state index in [0.717, 1.165) is 30.5 Å². The topological polar surface area (TPSA) is 55.5 Å². The van der Waals surface area contributed by atoms with E-state index in [0.29, 0.717) is 16.5 Å². The lowest BCUT2D eigenvalue weighted by Crippen LogP contribution is -2.27. The van der Waals surface area contributed by atoms with Gasteiger partial charge < -0.3 is 15.6 Å². The average molecular weight is 357 g/mol. The quantitative estimate of drug-likeness (QED) is 0.850. The largest absolute Gasteiger partial charge is 0.506 e. The van der Waals surface area contributed by atoms with Crippen molar-refractivity contribution in [3.8, 4) is 5.75 Å². The van der Waals surface area contributed by atoms with Crippen molar-refractivity contribution in [3.05, 3.63) is 27.2 Å². The number of hydrogen-bond donors (Lipinski definition) is 2. The molecule has 1 fully saturated rings. The molecule has 0 aromatic heterocycles. The number of ether oxygens (including phenoxy) is 1. The van der Waals surface area contributed by atoms with E-state index < -0.39 is 0 Å². The van der Waals surface area contributed by atoms with E-state index in [1.54, 1.807) is 6.07 Å². The molecule has 0 spiro atoms. The zero-order chi connectivity index (χ0) is 12.4. The molecule has 6 heteroatoms. The van der Waals surface area contributed by atoms with Gasteiger partial charge in [0.15, 0.2) is 0 Å². The molecule has 3 nitrogen and oxygen atoms in total. The van der Waals surface area contributed by atoms with Crippen LogP contribution in [-0.2, 0) is 4.74 Å². The maximum Gasteiger partial charge on any atom is 0.139 e. The number of phenols is 1. The Morgan fingerprint density at radius 2 is 2.00 bits per heavy atom. The number of hydrogen-bond acceptors (Lipinski definition) is 3. The van der Waals surface area contributed by atoms with Gasteiger partial charge in [0, 0.05) is 29.3 Å². The van der Waals surface area contributed by atoms with Crippen LogP contribution in [0.1, 0.15) is 24.4 Å². The molecule has 3 N–H and O–H groups in total. The zero-order valence-electron chi connectivity index (χ0n) is 9.73. The van der Waals surface area contributed by atoms with Crippen LogP contribution in [0.25, 0.3) is 0 Å². The van der Waals surface area contributed by atoms with Crippen molar-refractivity contribution < 1.29 is 9.84 Å². The second kappa shape index (κ2) is 6.96. The highest BCUT2D eigenvalue weighted by molar-refractivity contribution is 9.10. The Morgan fingerprint density at radius 3 is 2.61 bits per heavy atom. The summed E-state index contributed by atoms with van der Waals surface area (Å²) in [5, 5.41) is 10.3. The van der Waals surface area contributed by atoms with Crippen molar-refractivity contribution in [3.63, 3.8) is 0 Å². The Hall–Kier alpha value is -0.0000000000000000763. The van der Waals surface area contributed by atoms with Crippen molar-refractivity contribution in [2.24, 2.45) is 11.7 Å². The first-order valence-electron chi connectivity index (χ1n) is 5.61.